The molecule has 0 aromatic carbocycles. The average molecular weight is 255 g/mol. The molecule has 0 aliphatic heterocycles. The van der Waals surface area contributed by atoms with E-state index in [1.807, 2.05) is 0 Å². The molecular formula is C9H19ClN2O4. The summed E-state index contributed by atoms with van der Waals surface area (Å²) in [5, 5.41) is 2.31. The first kappa shape index (κ1) is 17.4. The van der Waals surface area contributed by atoms with E-state index in [1.54, 1.807) is 20.8 Å². The first-order chi connectivity index (χ1) is 6.80. The van der Waals surface area contributed by atoms with Crippen molar-refractivity contribution in [2.24, 2.45) is 5.73 Å². The second-order valence-electron chi connectivity index (χ2n) is 3.96. The third-order valence-corrected chi connectivity index (χ3v) is 1.41. The van der Waals surface area contributed by atoms with Crippen molar-refractivity contribution in [1.29, 1.82) is 0 Å². The summed E-state index contributed by atoms with van der Waals surface area (Å²) in [5.74, 6) is -0.594. The topological polar surface area (TPSA) is 90.6 Å². The van der Waals surface area contributed by atoms with Gasteiger partial charge in [-0.1, -0.05) is 0 Å². The zero-order chi connectivity index (χ0) is 12.1. The van der Waals surface area contributed by atoms with Gasteiger partial charge >= 0.3 is 12.1 Å². The number of carbonyl (C=O) groups excluding carboxylic acids is 2. The number of nitrogens with one attached hydrogen (secondary N) is 1. The zero-order valence-corrected chi connectivity index (χ0v) is 10.7. The minimum atomic E-state index is -0.871. The molecule has 0 saturated heterocycles. The normalized spacial score (nSPS) is 12.1. The lowest BCUT2D eigenvalue weighted by Gasteiger charge is -2.21. The molecule has 0 spiro atoms. The molecule has 6 nitrogen and oxygen atoms in total. The van der Waals surface area contributed by atoms with Crippen LogP contribution in [0.15, 0.2) is 0 Å². The number of amides is 1. The molecule has 0 rings (SSSR count). The van der Waals surface area contributed by atoms with Crippen LogP contribution in [0.5, 0.6) is 0 Å². The second kappa shape index (κ2) is 7.29. The maximum Gasteiger partial charge on any atom is 0.408 e. The molecule has 16 heavy (non-hydrogen) atoms. The number of carbonyl (C=O) groups is 2. The molecule has 96 valence electrons. The Balaban J connectivity index is 0. The van der Waals surface area contributed by atoms with Crippen LogP contribution >= 0.6 is 12.4 Å². The van der Waals surface area contributed by atoms with Crippen molar-refractivity contribution in [3.8, 4) is 0 Å². The predicted molar refractivity (Wildman–Crippen MR) is 61.5 cm³/mol. The van der Waals surface area contributed by atoms with E-state index in [2.05, 4.69) is 10.1 Å². The molecule has 7 heteroatoms. The van der Waals surface area contributed by atoms with E-state index in [9.17, 15) is 9.59 Å². The van der Waals surface area contributed by atoms with Gasteiger partial charge in [0.1, 0.15) is 11.6 Å². The van der Waals surface area contributed by atoms with Gasteiger partial charge in [-0.05, 0) is 20.8 Å². The summed E-state index contributed by atoms with van der Waals surface area (Å²) < 4.78 is 9.40. The van der Waals surface area contributed by atoms with E-state index < -0.39 is 23.7 Å². The van der Waals surface area contributed by atoms with Crippen LogP contribution in [0, 0.1) is 0 Å². The lowest BCUT2D eigenvalue weighted by molar-refractivity contribution is -0.142. The van der Waals surface area contributed by atoms with Gasteiger partial charge in [-0.2, -0.15) is 0 Å². The van der Waals surface area contributed by atoms with Crippen LogP contribution in [0.25, 0.3) is 0 Å². The molecule has 0 aliphatic rings. The fourth-order valence-corrected chi connectivity index (χ4v) is 0.806. The molecule has 0 radical (unpaired) electrons. The molecule has 3 N–H and O–H groups in total. The Morgan fingerprint density at radius 3 is 2.19 bits per heavy atom. The van der Waals surface area contributed by atoms with Gasteiger partial charge in [0.2, 0.25) is 0 Å². The Bertz CT molecular complexity index is 240. The van der Waals surface area contributed by atoms with E-state index >= 15 is 0 Å². The number of halogens is 1. The quantitative estimate of drug-likeness (QED) is 0.713. The fraction of sp³-hybridized carbons (Fsp3) is 0.778. The van der Waals surface area contributed by atoms with Crippen molar-refractivity contribution in [3.05, 3.63) is 0 Å². The van der Waals surface area contributed by atoms with E-state index in [1.165, 1.54) is 7.11 Å². The highest BCUT2D eigenvalue weighted by Gasteiger charge is 2.23. The van der Waals surface area contributed by atoms with Gasteiger partial charge in [-0.15, -0.1) is 12.4 Å². The number of ether oxygens (including phenoxy) is 2. The van der Waals surface area contributed by atoms with Crippen LogP contribution < -0.4 is 11.1 Å². The second-order valence-corrected chi connectivity index (χ2v) is 3.96. The molecule has 1 amide bonds. The highest BCUT2D eigenvalue weighted by molar-refractivity contribution is 5.85. The first-order valence-electron chi connectivity index (χ1n) is 4.57. The highest BCUT2D eigenvalue weighted by Crippen LogP contribution is 2.06. The molecule has 0 aromatic rings. The summed E-state index contributed by atoms with van der Waals surface area (Å²) in [6, 6.07) is -0.871. The lowest BCUT2D eigenvalue weighted by Crippen LogP contribution is -2.48. The molecule has 0 bridgehead atoms. The Morgan fingerprint density at radius 1 is 1.38 bits per heavy atom. The first-order valence-corrected chi connectivity index (χ1v) is 4.57. The van der Waals surface area contributed by atoms with Crippen molar-refractivity contribution in [2.45, 2.75) is 32.4 Å². The van der Waals surface area contributed by atoms with Crippen LogP contribution in [-0.4, -0.2) is 37.4 Å². The van der Waals surface area contributed by atoms with Gasteiger partial charge < -0.3 is 20.5 Å². The molecule has 0 aromatic heterocycles. The van der Waals surface area contributed by atoms with E-state index in [-0.39, 0.29) is 19.0 Å². The van der Waals surface area contributed by atoms with Crippen molar-refractivity contribution >= 4 is 24.5 Å². The van der Waals surface area contributed by atoms with Gasteiger partial charge in [-0.3, -0.25) is 0 Å². The SMILES string of the molecule is COC(=O)C(CN)NC(=O)OC(C)(C)C.Cl. The summed E-state index contributed by atoms with van der Waals surface area (Å²) in [6.45, 7) is 5.14. The largest absolute Gasteiger partial charge is 0.467 e. The summed E-state index contributed by atoms with van der Waals surface area (Å²) in [6.07, 6.45) is -0.691. The Hall–Kier alpha value is -1.01. The number of nitrogens with two attached hydrogens (primary N) is 1. The minimum absolute atomic E-state index is 0. The van der Waals surface area contributed by atoms with Gasteiger partial charge in [0, 0.05) is 6.54 Å². The summed E-state index contributed by atoms with van der Waals surface area (Å²) in [5.41, 5.74) is 4.68. The molecule has 1 atom stereocenters. The summed E-state index contributed by atoms with van der Waals surface area (Å²) >= 11 is 0. The third kappa shape index (κ3) is 7.30. The fourth-order valence-electron chi connectivity index (χ4n) is 0.806. The molecule has 0 saturated carbocycles. The molecule has 0 aliphatic carbocycles. The van der Waals surface area contributed by atoms with Crippen molar-refractivity contribution in [2.75, 3.05) is 13.7 Å². The molecule has 1 unspecified atom stereocenters. The smallest absolute Gasteiger partial charge is 0.408 e. The zero-order valence-electron chi connectivity index (χ0n) is 9.90. The monoisotopic (exact) mass is 254 g/mol. The standard InChI is InChI=1S/C9H18N2O4.ClH/c1-9(2,3)15-8(13)11-6(5-10)7(12)14-4;/h6H,5,10H2,1-4H3,(H,11,13);1H. The number of hydrogen-bond acceptors (Lipinski definition) is 5. The Morgan fingerprint density at radius 2 is 1.88 bits per heavy atom. The van der Waals surface area contributed by atoms with E-state index in [0.717, 1.165) is 0 Å². The number of hydrogen-bond donors (Lipinski definition) is 2. The molecular weight excluding hydrogens is 236 g/mol. The number of rotatable bonds is 3. The number of esters is 1. The predicted octanol–water partition coefficient (Wildman–Crippen LogP) is 0.433. The molecule has 0 fully saturated rings. The van der Waals surface area contributed by atoms with Crippen LogP contribution in [-0.2, 0) is 14.3 Å². The van der Waals surface area contributed by atoms with Crippen LogP contribution in [0.2, 0.25) is 0 Å². The van der Waals surface area contributed by atoms with Gasteiger partial charge in [0.15, 0.2) is 0 Å². The lowest BCUT2D eigenvalue weighted by atomic mass is 10.2. The third-order valence-electron chi connectivity index (χ3n) is 1.41. The van der Waals surface area contributed by atoms with Gasteiger partial charge in [0.05, 0.1) is 7.11 Å². The van der Waals surface area contributed by atoms with Crippen LogP contribution in [0.1, 0.15) is 20.8 Å². The Labute approximate surface area is 101 Å². The molecule has 0 heterocycles. The van der Waals surface area contributed by atoms with E-state index in [4.69, 9.17) is 10.5 Å². The van der Waals surface area contributed by atoms with Gasteiger partial charge in [0.25, 0.3) is 0 Å². The van der Waals surface area contributed by atoms with Gasteiger partial charge in [-0.25, -0.2) is 9.59 Å². The van der Waals surface area contributed by atoms with E-state index in [0.29, 0.717) is 0 Å². The van der Waals surface area contributed by atoms with Crippen molar-refractivity contribution < 1.29 is 19.1 Å². The number of methoxy groups -OCH3 is 1. The average Bonchev–Trinajstić information content (AvgIpc) is 2.10. The number of alkyl carbamates (subject to hydrolysis) is 1. The maximum absolute atomic E-state index is 11.3. The van der Waals surface area contributed by atoms with Crippen molar-refractivity contribution in [1.82, 2.24) is 5.32 Å². The minimum Gasteiger partial charge on any atom is -0.467 e. The summed E-state index contributed by atoms with van der Waals surface area (Å²) in [4.78, 5) is 22.3. The van der Waals surface area contributed by atoms with Crippen molar-refractivity contribution in [3.63, 3.8) is 0 Å². The maximum atomic E-state index is 11.3. The Kier molecular flexibility index (Phi) is 7.93. The highest BCUT2D eigenvalue weighted by atomic mass is 35.5. The summed E-state index contributed by atoms with van der Waals surface area (Å²) in [7, 11) is 1.22. The van der Waals surface area contributed by atoms with Crippen LogP contribution in [0.3, 0.4) is 0 Å². The van der Waals surface area contributed by atoms with Crippen LogP contribution in [0.4, 0.5) is 4.79 Å².